The number of nitrogens with zero attached hydrogens (tertiary/aromatic N) is 4. The van der Waals surface area contributed by atoms with Gasteiger partial charge in [-0.25, -0.2) is 0 Å². The Kier molecular flexibility index (Phi) is 3.29. The van der Waals surface area contributed by atoms with Crippen LogP contribution >= 0.6 is 0 Å². The van der Waals surface area contributed by atoms with E-state index < -0.39 is 4.92 Å². The van der Waals surface area contributed by atoms with Crippen LogP contribution in [0.1, 0.15) is 22.5 Å². The molecule has 2 rings (SSSR count). The Morgan fingerprint density at radius 3 is 2.79 bits per heavy atom. The number of hydrogen-bond acceptors (Lipinski definition) is 4. The quantitative estimate of drug-likeness (QED) is 0.623. The van der Waals surface area contributed by atoms with Crippen molar-refractivity contribution in [2.45, 2.75) is 20.4 Å². The molecule has 0 unspecified atom stereocenters. The van der Waals surface area contributed by atoms with Gasteiger partial charge in [0.15, 0.2) is 0 Å². The van der Waals surface area contributed by atoms with Crippen LogP contribution in [-0.2, 0) is 6.54 Å². The Balaban J connectivity index is 2.37. The van der Waals surface area contributed by atoms with Gasteiger partial charge in [0.1, 0.15) is 11.4 Å². The molecule has 0 N–H and O–H groups in total. The second kappa shape index (κ2) is 4.90. The molecule has 96 valence electrons. The average molecular weight is 256 g/mol. The fourth-order valence-corrected chi connectivity index (χ4v) is 2.02. The molecule has 0 spiro atoms. The molecule has 0 radical (unpaired) electrons. The van der Waals surface area contributed by atoms with Crippen molar-refractivity contribution in [1.29, 1.82) is 5.26 Å². The Hall–Kier alpha value is -2.68. The van der Waals surface area contributed by atoms with Gasteiger partial charge in [-0.2, -0.15) is 10.4 Å². The van der Waals surface area contributed by atoms with Crippen molar-refractivity contribution >= 4 is 5.69 Å². The van der Waals surface area contributed by atoms with Crippen LogP contribution in [0.15, 0.2) is 24.3 Å². The minimum atomic E-state index is -0.417. The largest absolute Gasteiger partial charge is 0.312 e. The Labute approximate surface area is 110 Å². The summed E-state index contributed by atoms with van der Waals surface area (Å²) < 4.78 is 1.59. The van der Waals surface area contributed by atoms with E-state index in [1.54, 1.807) is 36.7 Å². The van der Waals surface area contributed by atoms with Crippen molar-refractivity contribution in [2.75, 3.05) is 0 Å². The molecule has 0 aliphatic heterocycles. The van der Waals surface area contributed by atoms with Crippen LogP contribution in [0.5, 0.6) is 0 Å². The van der Waals surface area contributed by atoms with E-state index in [9.17, 15) is 10.1 Å². The van der Waals surface area contributed by atoms with Gasteiger partial charge in [-0.1, -0.05) is 12.1 Å². The highest BCUT2D eigenvalue weighted by molar-refractivity contribution is 5.40. The van der Waals surface area contributed by atoms with Gasteiger partial charge in [0.25, 0.3) is 0 Å². The molecule has 6 heteroatoms. The van der Waals surface area contributed by atoms with E-state index in [1.165, 1.54) is 0 Å². The molecule has 0 fully saturated rings. The lowest BCUT2D eigenvalue weighted by Gasteiger charge is -2.04. The first-order valence-corrected chi connectivity index (χ1v) is 5.70. The van der Waals surface area contributed by atoms with E-state index in [1.807, 2.05) is 6.07 Å². The maximum Gasteiger partial charge on any atom is 0.312 e. The third-order valence-electron chi connectivity index (χ3n) is 2.91. The molecule has 0 atom stereocenters. The zero-order valence-corrected chi connectivity index (χ0v) is 10.6. The molecule has 0 bridgehead atoms. The van der Waals surface area contributed by atoms with Crippen LogP contribution in [-0.4, -0.2) is 14.7 Å². The zero-order chi connectivity index (χ0) is 14.0. The predicted octanol–water partition coefficient (Wildman–Crippen LogP) is 2.33. The second-order valence-corrected chi connectivity index (χ2v) is 4.25. The molecule has 0 saturated carbocycles. The molecule has 0 aliphatic carbocycles. The molecule has 1 heterocycles. The molecule has 2 aromatic rings. The standard InChI is InChI=1S/C13H12N4O2/c1-9-13(17(18)19)10(2)16(15-9)8-12-5-3-4-11(6-12)7-14/h3-6H,8H2,1-2H3. The number of nitro groups is 1. The first-order valence-electron chi connectivity index (χ1n) is 5.70. The summed E-state index contributed by atoms with van der Waals surface area (Å²) in [6.45, 7) is 3.70. The summed E-state index contributed by atoms with van der Waals surface area (Å²) in [7, 11) is 0. The van der Waals surface area contributed by atoms with Crippen LogP contribution in [0, 0.1) is 35.3 Å². The molecule has 1 aromatic carbocycles. The fourth-order valence-electron chi connectivity index (χ4n) is 2.02. The highest BCUT2D eigenvalue weighted by atomic mass is 16.6. The molecule has 1 aromatic heterocycles. The maximum absolute atomic E-state index is 10.9. The average Bonchev–Trinajstić information content (AvgIpc) is 2.64. The molecule has 0 amide bonds. The Bertz CT molecular complexity index is 682. The third-order valence-corrected chi connectivity index (χ3v) is 2.91. The van der Waals surface area contributed by atoms with Crippen LogP contribution in [0.4, 0.5) is 5.69 Å². The summed E-state index contributed by atoms with van der Waals surface area (Å²) in [5.74, 6) is 0. The van der Waals surface area contributed by atoms with Gasteiger partial charge in [-0.3, -0.25) is 14.8 Å². The summed E-state index contributed by atoms with van der Waals surface area (Å²) in [6.07, 6.45) is 0. The number of nitriles is 1. The summed E-state index contributed by atoms with van der Waals surface area (Å²) >= 11 is 0. The smallest absolute Gasteiger partial charge is 0.258 e. The zero-order valence-electron chi connectivity index (χ0n) is 10.6. The van der Waals surface area contributed by atoms with E-state index >= 15 is 0 Å². The Morgan fingerprint density at radius 2 is 2.21 bits per heavy atom. The fraction of sp³-hybridized carbons (Fsp3) is 0.231. The monoisotopic (exact) mass is 256 g/mol. The Morgan fingerprint density at radius 1 is 1.47 bits per heavy atom. The van der Waals surface area contributed by atoms with E-state index in [4.69, 9.17) is 5.26 Å². The molecule has 19 heavy (non-hydrogen) atoms. The highest BCUT2D eigenvalue weighted by Gasteiger charge is 2.21. The lowest BCUT2D eigenvalue weighted by atomic mass is 10.1. The SMILES string of the molecule is Cc1nn(Cc2cccc(C#N)c2)c(C)c1[N+](=O)[O-]. The van der Waals surface area contributed by atoms with Gasteiger partial charge in [-0.15, -0.1) is 0 Å². The summed E-state index contributed by atoms with van der Waals surface area (Å²) in [6, 6.07) is 9.18. The van der Waals surface area contributed by atoms with Gasteiger partial charge in [-0.05, 0) is 31.5 Å². The van der Waals surface area contributed by atoms with Gasteiger partial charge in [0.05, 0.1) is 23.1 Å². The van der Waals surface area contributed by atoms with E-state index in [-0.39, 0.29) is 5.69 Å². The van der Waals surface area contributed by atoms with Crippen molar-refractivity contribution in [3.8, 4) is 6.07 Å². The highest BCUT2D eigenvalue weighted by Crippen LogP contribution is 2.22. The molecular weight excluding hydrogens is 244 g/mol. The predicted molar refractivity (Wildman–Crippen MR) is 68.6 cm³/mol. The van der Waals surface area contributed by atoms with Gasteiger partial charge >= 0.3 is 5.69 Å². The minimum Gasteiger partial charge on any atom is -0.258 e. The van der Waals surface area contributed by atoms with Crippen LogP contribution in [0.3, 0.4) is 0 Å². The van der Waals surface area contributed by atoms with Crippen molar-refractivity contribution in [1.82, 2.24) is 9.78 Å². The first kappa shape index (κ1) is 12.8. The minimum absolute atomic E-state index is 0.0523. The van der Waals surface area contributed by atoms with Crippen molar-refractivity contribution in [3.05, 3.63) is 56.9 Å². The summed E-state index contributed by atoms with van der Waals surface area (Å²) in [5, 5.41) is 23.9. The lowest BCUT2D eigenvalue weighted by molar-refractivity contribution is -0.386. The number of benzene rings is 1. The maximum atomic E-state index is 10.9. The van der Waals surface area contributed by atoms with Gasteiger partial charge < -0.3 is 0 Å². The third kappa shape index (κ3) is 2.45. The number of aromatic nitrogens is 2. The van der Waals surface area contributed by atoms with Crippen molar-refractivity contribution < 1.29 is 4.92 Å². The first-order chi connectivity index (χ1) is 9.02. The van der Waals surface area contributed by atoms with Crippen LogP contribution < -0.4 is 0 Å². The topological polar surface area (TPSA) is 84.8 Å². The summed E-state index contributed by atoms with van der Waals surface area (Å²) in [4.78, 5) is 10.5. The number of aryl methyl sites for hydroxylation is 1. The molecule has 0 aliphatic rings. The second-order valence-electron chi connectivity index (χ2n) is 4.25. The summed E-state index contributed by atoms with van der Waals surface area (Å²) in [5.41, 5.74) is 2.42. The van der Waals surface area contributed by atoms with E-state index in [2.05, 4.69) is 11.2 Å². The molecular formula is C13H12N4O2. The van der Waals surface area contributed by atoms with Gasteiger partial charge in [0.2, 0.25) is 0 Å². The number of rotatable bonds is 3. The normalized spacial score (nSPS) is 10.2. The van der Waals surface area contributed by atoms with Crippen molar-refractivity contribution in [2.24, 2.45) is 0 Å². The van der Waals surface area contributed by atoms with E-state index in [0.29, 0.717) is 23.5 Å². The molecule has 6 nitrogen and oxygen atoms in total. The lowest BCUT2D eigenvalue weighted by Crippen LogP contribution is -2.04. The van der Waals surface area contributed by atoms with E-state index in [0.717, 1.165) is 5.56 Å². The van der Waals surface area contributed by atoms with Gasteiger partial charge in [0, 0.05) is 0 Å². The van der Waals surface area contributed by atoms with Crippen molar-refractivity contribution in [3.63, 3.8) is 0 Å². The molecule has 0 saturated heterocycles. The number of hydrogen-bond donors (Lipinski definition) is 0. The van der Waals surface area contributed by atoms with Crippen LogP contribution in [0.2, 0.25) is 0 Å². The van der Waals surface area contributed by atoms with Crippen LogP contribution in [0.25, 0.3) is 0 Å².